The van der Waals surface area contributed by atoms with E-state index in [0.717, 1.165) is 63.9 Å². The van der Waals surface area contributed by atoms with Crippen molar-refractivity contribution in [1.82, 2.24) is 24.1 Å². The Morgan fingerprint density at radius 3 is 2.45 bits per heavy atom. The van der Waals surface area contributed by atoms with E-state index in [2.05, 4.69) is 65.1 Å². The monoisotopic (exact) mass is 572 g/mol. The first-order valence-corrected chi connectivity index (χ1v) is 15.9. The van der Waals surface area contributed by atoms with Crippen molar-refractivity contribution in [3.05, 3.63) is 65.9 Å². The fraction of sp³-hybridized carbons (Fsp3) is 0.581. The van der Waals surface area contributed by atoms with Gasteiger partial charge in [0.1, 0.15) is 0 Å². The fourth-order valence-corrected chi connectivity index (χ4v) is 6.01. The molecule has 9 heteroatoms. The molecule has 0 bridgehead atoms. The lowest BCUT2D eigenvalue weighted by atomic mass is 10.1. The second-order valence-corrected chi connectivity index (χ2v) is 11.7. The predicted octanol–water partition coefficient (Wildman–Crippen LogP) is 6.26. The zero-order valence-electron chi connectivity index (χ0n) is 24.5. The molecule has 1 N–H and O–H groups in total. The van der Waals surface area contributed by atoms with Crippen LogP contribution >= 0.6 is 0 Å². The summed E-state index contributed by atoms with van der Waals surface area (Å²) in [7, 11) is 2.25. The molecule has 1 aliphatic rings. The van der Waals surface area contributed by atoms with Crippen LogP contribution in [0, 0.1) is 5.95 Å². The van der Waals surface area contributed by atoms with Crippen LogP contribution in [0.25, 0.3) is 10.9 Å². The van der Waals surface area contributed by atoms with Gasteiger partial charge in [-0.25, -0.2) is 9.29 Å². The number of aromatic amines is 1. The van der Waals surface area contributed by atoms with Gasteiger partial charge in [0.05, 0.1) is 0 Å². The van der Waals surface area contributed by atoms with E-state index in [1.165, 1.54) is 47.1 Å². The molecule has 0 spiro atoms. The third-order valence-electron chi connectivity index (χ3n) is 7.78. The Bertz CT molecular complexity index is 1150. The summed E-state index contributed by atoms with van der Waals surface area (Å²) in [5, 5.41) is 1.24. The highest BCUT2D eigenvalue weighted by Crippen LogP contribution is 2.21. The van der Waals surface area contributed by atoms with E-state index in [0.29, 0.717) is 18.2 Å². The second-order valence-electron chi connectivity index (χ2n) is 10.8. The molecule has 0 radical (unpaired) electrons. The van der Waals surface area contributed by atoms with Gasteiger partial charge < -0.3 is 14.4 Å². The summed E-state index contributed by atoms with van der Waals surface area (Å²) in [6.07, 6.45) is 12.8. The molecule has 0 aliphatic carbocycles. The summed E-state index contributed by atoms with van der Waals surface area (Å²) in [6, 6.07) is 12.7. The Morgan fingerprint density at radius 1 is 1.05 bits per heavy atom. The van der Waals surface area contributed by atoms with Gasteiger partial charge in [0, 0.05) is 72.3 Å². The predicted molar refractivity (Wildman–Crippen MR) is 162 cm³/mol. The van der Waals surface area contributed by atoms with E-state index in [1.54, 1.807) is 0 Å². The number of halogens is 1. The minimum Gasteiger partial charge on any atom is -0.760 e. The van der Waals surface area contributed by atoms with E-state index in [-0.39, 0.29) is 5.95 Å². The van der Waals surface area contributed by atoms with Gasteiger partial charge >= 0.3 is 0 Å². The molecule has 7 nitrogen and oxygen atoms in total. The maximum absolute atomic E-state index is 14.2. The van der Waals surface area contributed by atoms with Crippen LogP contribution in [0.15, 0.2) is 48.8 Å². The molecule has 222 valence electrons. The largest absolute Gasteiger partial charge is 0.760 e. The average molecular weight is 573 g/mol. The first-order chi connectivity index (χ1) is 19.4. The number of piperidine rings is 1. The molecular formula is C31H47FN5O2S-. The first-order valence-electron chi connectivity index (χ1n) is 14.8. The third-order valence-corrected chi connectivity index (χ3v) is 8.56. The van der Waals surface area contributed by atoms with Crippen LogP contribution in [0.2, 0.25) is 0 Å². The van der Waals surface area contributed by atoms with Crippen LogP contribution in [-0.2, 0) is 24.4 Å². The van der Waals surface area contributed by atoms with Gasteiger partial charge in [-0.05, 0) is 76.4 Å². The average Bonchev–Trinajstić information content (AvgIpc) is 3.38. The summed E-state index contributed by atoms with van der Waals surface area (Å²) in [5.41, 5.74) is 3.06. The number of benzene rings is 1. The number of fused-ring (bicyclic) bond motifs is 1. The van der Waals surface area contributed by atoms with Crippen LogP contribution in [0.5, 0.6) is 0 Å². The van der Waals surface area contributed by atoms with Gasteiger partial charge in [-0.2, -0.15) is 4.39 Å². The van der Waals surface area contributed by atoms with Gasteiger partial charge in [0.15, 0.2) is 0 Å². The second kappa shape index (κ2) is 17.6. The summed E-state index contributed by atoms with van der Waals surface area (Å²) >= 11 is -1.97. The fourth-order valence-electron chi connectivity index (χ4n) is 5.46. The number of unbranched alkanes of at least 4 members (excludes halogenated alkanes) is 1. The number of H-pyrrole nitrogens is 1. The van der Waals surface area contributed by atoms with Crippen LogP contribution in [-0.4, -0.2) is 72.1 Å². The summed E-state index contributed by atoms with van der Waals surface area (Å²) in [5.74, 6) is -0.364. The molecule has 3 heterocycles. The third kappa shape index (κ3) is 10.3. The zero-order chi connectivity index (χ0) is 28.7. The van der Waals surface area contributed by atoms with Crippen molar-refractivity contribution < 1.29 is 13.2 Å². The number of nitrogens with zero attached hydrogens (tertiary/aromatic N) is 4. The Labute approximate surface area is 242 Å². The molecule has 3 aromatic rings. The minimum atomic E-state index is -1.97. The summed E-state index contributed by atoms with van der Waals surface area (Å²) in [4.78, 5) is 12.1. The molecule has 1 fully saturated rings. The van der Waals surface area contributed by atoms with Gasteiger partial charge in [-0.3, -0.25) is 9.11 Å². The Morgan fingerprint density at radius 2 is 1.77 bits per heavy atom. The minimum absolute atomic E-state index is 0.364. The highest BCUT2D eigenvalue weighted by Gasteiger charge is 2.15. The van der Waals surface area contributed by atoms with E-state index < -0.39 is 11.3 Å². The molecule has 2 atom stereocenters. The number of hydrogen-bond donors (Lipinski definition) is 1. The van der Waals surface area contributed by atoms with Crippen LogP contribution < -0.4 is 0 Å². The molecule has 0 saturated carbocycles. The maximum atomic E-state index is 14.2. The Kier molecular flexibility index (Phi) is 14.2. The summed E-state index contributed by atoms with van der Waals surface area (Å²) < 4.78 is 36.3. The smallest absolute Gasteiger partial charge is 0.217 e. The zero-order valence-corrected chi connectivity index (χ0v) is 25.3. The van der Waals surface area contributed by atoms with Crippen molar-refractivity contribution in [1.29, 1.82) is 0 Å². The molecule has 2 aromatic heterocycles. The number of rotatable bonds is 14. The number of aromatic nitrogens is 2. The number of pyridine rings is 1. The standard InChI is InChI=1S/C26H37FN4.C5H11NO2S/c1-4-11-23(5-2)30(3)16-8-9-17-31(19-21-12-10-15-28-26(21)27)20-22-18-29-25-14-7-6-13-24(22)25;7-9(8)6-4-2-1-3-5-6/h6-7,10,12-15,18,23,29H,4-5,8-9,11,16-17,19-20H2,1-3H3;1-5H2,(H,7,8)/p-1. The highest BCUT2D eigenvalue weighted by atomic mass is 32.2. The van der Waals surface area contributed by atoms with Crippen molar-refractivity contribution in [3.63, 3.8) is 0 Å². The van der Waals surface area contributed by atoms with Gasteiger partial charge in [-0.1, -0.05) is 51.0 Å². The SMILES string of the molecule is CCCC(CC)N(C)CCCCN(Cc1cccnc1F)Cc1c[nH]c2ccccc12.O=S([O-])N1CCCCC1. The van der Waals surface area contributed by atoms with Crippen LogP contribution in [0.4, 0.5) is 4.39 Å². The molecule has 0 amide bonds. The molecule has 1 saturated heterocycles. The normalized spacial score (nSPS) is 15.8. The topological polar surface area (TPSA) is 78.5 Å². The van der Waals surface area contributed by atoms with E-state index in [9.17, 15) is 13.2 Å². The van der Waals surface area contributed by atoms with Crippen LogP contribution in [0.3, 0.4) is 0 Å². The van der Waals surface area contributed by atoms with Gasteiger partial charge in [-0.15, -0.1) is 0 Å². The lowest BCUT2D eigenvalue weighted by Crippen LogP contribution is -2.32. The van der Waals surface area contributed by atoms with Crippen molar-refractivity contribution >= 4 is 22.2 Å². The van der Waals surface area contributed by atoms with Crippen LogP contribution in [0.1, 0.15) is 76.3 Å². The number of para-hydroxylation sites is 1. The molecular weight excluding hydrogens is 525 g/mol. The molecule has 1 aromatic carbocycles. The van der Waals surface area contributed by atoms with Crippen molar-refractivity contribution in [2.24, 2.45) is 0 Å². The van der Waals surface area contributed by atoms with E-state index in [4.69, 9.17) is 0 Å². The first kappa shape index (κ1) is 32.3. The lowest BCUT2D eigenvalue weighted by Gasteiger charge is -2.27. The van der Waals surface area contributed by atoms with Crippen molar-refractivity contribution in [2.75, 3.05) is 33.2 Å². The highest BCUT2D eigenvalue weighted by molar-refractivity contribution is 7.76. The molecule has 2 unspecified atom stereocenters. The quantitative estimate of drug-likeness (QED) is 0.140. The maximum Gasteiger partial charge on any atom is 0.217 e. The number of nitrogens with one attached hydrogen (secondary N) is 1. The van der Waals surface area contributed by atoms with E-state index in [1.807, 2.05) is 18.2 Å². The van der Waals surface area contributed by atoms with Gasteiger partial charge in [0.25, 0.3) is 0 Å². The summed E-state index contributed by atoms with van der Waals surface area (Å²) in [6.45, 7) is 9.39. The lowest BCUT2D eigenvalue weighted by molar-refractivity contribution is 0.205. The molecule has 4 rings (SSSR count). The molecule has 40 heavy (non-hydrogen) atoms. The Hall–Kier alpha value is -2.17. The van der Waals surface area contributed by atoms with Crippen molar-refractivity contribution in [3.8, 4) is 0 Å². The molecule has 1 aliphatic heterocycles. The van der Waals surface area contributed by atoms with Gasteiger partial charge in [0.2, 0.25) is 5.95 Å². The van der Waals surface area contributed by atoms with E-state index >= 15 is 0 Å². The van der Waals surface area contributed by atoms with Crippen molar-refractivity contribution in [2.45, 2.75) is 84.3 Å². The Balaban J connectivity index is 0.000000415. The number of hydrogen-bond acceptors (Lipinski definition) is 5.